The predicted octanol–water partition coefficient (Wildman–Crippen LogP) is 2.57. The monoisotopic (exact) mass is 366 g/mol. The number of carbonyl (C=O) groups is 1. The van der Waals surface area contributed by atoms with Crippen molar-refractivity contribution in [2.75, 3.05) is 33.4 Å². The van der Waals surface area contributed by atoms with E-state index in [1.165, 1.54) is 10.5 Å². The molecule has 0 aromatic heterocycles. The molecule has 3 rings (SSSR count). The van der Waals surface area contributed by atoms with Gasteiger partial charge in [-0.25, -0.2) is 0 Å². The summed E-state index contributed by atoms with van der Waals surface area (Å²) in [5.74, 6) is 0.847. The fourth-order valence-corrected chi connectivity index (χ4v) is 3.31. The number of aryl methyl sites for hydroxylation is 1. The van der Waals surface area contributed by atoms with Crippen molar-refractivity contribution in [3.05, 3.63) is 70.8 Å². The summed E-state index contributed by atoms with van der Waals surface area (Å²) in [6, 6.07) is 14.0. The van der Waals surface area contributed by atoms with Gasteiger partial charge in [-0.15, -0.1) is 0 Å². The molecule has 2 aromatic rings. The molecule has 27 heavy (non-hydrogen) atoms. The fourth-order valence-electron chi connectivity index (χ4n) is 3.31. The number of nitrogens with one attached hydrogen (secondary N) is 1. The van der Waals surface area contributed by atoms with Crippen LogP contribution in [0.15, 0.2) is 48.5 Å². The lowest BCUT2D eigenvalue weighted by Crippen LogP contribution is -3.12. The Morgan fingerprint density at radius 2 is 1.89 bits per heavy atom. The number of ether oxygens (including phenoxy) is 2. The van der Waals surface area contributed by atoms with Crippen LogP contribution in [0.25, 0.3) is 6.08 Å². The number of ketones is 1. The standard InChI is InChI=1S/C23H27NO3/c1-3-18-4-6-19(7-5-18)8-10-22(25)20-9-11-23(26-2)21(16-20)17-24-12-14-27-15-13-24/h4-11,16H,3,12-15,17H2,1-2H3/p+1/b10-8+. The van der Waals surface area contributed by atoms with E-state index in [0.717, 1.165) is 56.1 Å². The number of carbonyl (C=O) groups excluding carboxylic acids is 1. The van der Waals surface area contributed by atoms with Gasteiger partial charge in [0.25, 0.3) is 0 Å². The molecule has 0 amide bonds. The molecule has 4 heteroatoms. The Balaban J connectivity index is 1.73. The zero-order chi connectivity index (χ0) is 19.1. The minimum atomic E-state index is 0.00967. The maximum absolute atomic E-state index is 12.6. The lowest BCUT2D eigenvalue weighted by Gasteiger charge is -2.24. The molecule has 1 heterocycles. The first kappa shape index (κ1) is 19.3. The van der Waals surface area contributed by atoms with Crippen LogP contribution in [-0.4, -0.2) is 39.2 Å². The van der Waals surface area contributed by atoms with E-state index in [9.17, 15) is 4.79 Å². The number of morpholine rings is 1. The van der Waals surface area contributed by atoms with Crippen molar-refractivity contribution in [1.82, 2.24) is 0 Å². The van der Waals surface area contributed by atoms with Gasteiger partial charge in [-0.3, -0.25) is 4.79 Å². The first-order valence-corrected chi connectivity index (χ1v) is 9.59. The third kappa shape index (κ3) is 5.28. The van der Waals surface area contributed by atoms with Gasteiger partial charge in [-0.2, -0.15) is 0 Å². The third-order valence-corrected chi connectivity index (χ3v) is 5.02. The van der Waals surface area contributed by atoms with Crippen molar-refractivity contribution < 1.29 is 19.2 Å². The Labute approximate surface area is 161 Å². The molecule has 1 aliphatic heterocycles. The summed E-state index contributed by atoms with van der Waals surface area (Å²) in [4.78, 5) is 14.1. The largest absolute Gasteiger partial charge is 0.496 e. The topological polar surface area (TPSA) is 40.0 Å². The number of rotatable bonds is 7. The van der Waals surface area contributed by atoms with Gasteiger partial charge in [0.2, 0.25) is 0 Å². The van der Waals surface area contributed by atoms with Gasteiger partial charge >= 0.3 is 0 Å². The van der Waals surface area contributed by atoms with Crippen LogP contribution in [-0.2, 0) is 17.7 Å². The lowest BCUT2D eigenvalue weighted by molar-refractivity contribution is -0.921. The zero-order valence-electron chi connectivity index (χ0n) is 16.2. The van der Waals surface area contributed by atoms with Crippen LogP contribution in [0, 0.1) is 0 Å². The van der Waals surface area contributed by atoms with Gasteiger partial charge in [0, 0.05) is 11.1 Å². The van der Waals surface area contributed by atoms with Gasteiger partial charge in [0.1, 0.15) is 25.4 Å². The molecule has 0 bridgehead atoms. The molecule has 0 aliphatic carbocycles. The highest BCUT2D eigenvalue weighted by Crippen LogP contribution is 2.20. The summed E-state index contributed by atoms with van der Waals surface area (Å²) in [7, 11) is 1.68. The van der Waals surface area contributed by atoms with Gasteiger partial charge in [0.15, 0.2) is 5.78 Å². The van der Waals surface area contributed by atoms with Gasteiger partial charge < -0.3 is 14.4 Å². The Hall–Kier alpha value is -2.43. The van der Waals surface area contributed by atoms with Crippen LogP contribution in [0.5, 0.6) is 5.75 Å². The van der Waals surface area contributed by atoms with E-state index in [0.29, 0.717) is 5.56 Å². The Morgan fingerprint density at radius 3 is 2.56 bits per heavy atom. The van der Waals surface area contributed by atoms with Gasteiger partial charge in [0.05, 0.1) is 20.3 Å². The number of methoxy groups -OCH3 is 1. The van der Waals surface area contributed by atoms with E-state index < -0.39 is 0 Å². The van der Waals surface area contributed by atoms with Crippen molar-refractivity contribution in [2.45, 2.75) is 19.9 Å². The van der Waals surface area contributed by atoms with Crippen molar-refractivity contribution in [3.63, 3.8) is 0 Å². The summed E-state index contributed by atoms with van der Waals surface area (Å²) < 4.78 is 10.9. The molecule has 0 atom stereocenters. The van der Waals surface area contributed by atoms with E-state index >= 15 is 0 Å². The van der Waals surface area contributed by atoms with Crippen molar-refractivity contribution in [1.29, 1.82) is 0 Å². The number of allylic oxidation sites excluding steroid dienone is 1. The average molecular weight is 366 g/mol. The molecule has 0 unspecified atom stereocenters. The SMILES string of the molecule is CCc1ccc(/C=C/C(=O)c2ccc(OC)c(C[NH+]3CCOCC3)c2)cc1. The third-order valence-electron chi connectivity index (χ3n) is 5.02. The van der Waals surface area contributed by atoms with Crippen LogP contribution >= 0.6 is 0 Å². The first-order chi connectivity index (χ1) is 13.2. The number of quaternary nitrogens is 1. The summed E-state index contributed by atoms with van der Waals surface area (Å²) in [6.45, 7) is 6.51. The highest BCUT2D eigenvalue weighted by atomic mass is 16.5. The van der Waals surface area contributed by atoms with Crippen molar-refractivity contribution in [3.8, 4) is 5.75 Å². The summed E-state index contributed by atoms with van der Waals surface area (Å²) in [6.07, 6.45) is 4.54. The van der Waals surface area contributed by atoms with E-state index in [4.69, 9.17) is 9.47 Å². The van der Waals surface area contributed by atoms with Crippen molar-refractivity contribution >= 4 is 11.9 Å². The Kier molecular flexibility index (Phi) is 6.80. The van der Waals surface area contributed by atoms with E-state index in [2.05, 4.69) is 19.1 Å². The average Bonchev–Trinajstić information content (AvgIpc) is 2.73. The fraction of sp³-hybridized carbons (Fsp3) is 0.348. The molecule has 2 aromatic carbocycles. The minimum absolute atomic E-state index is 0.00967. The molecule has 0 saturated carbocycles. The van der Waals surface area contributed by atoms with Crippen LogP contribution in [0.1, 0.15) is 34.0 Å². The highest BCUT2D eigenvalue weighted by Gasteiger charge is 2.17. The lowest BCUT2D eigenvalue weighted by atomic mass is 10.0. The highest BCUT2D eigenvalue weighted by molar-refractivity contribution is 6.07. The van der Waals surface area contributed by atoms with E-state index in [1.54, 1.807) is 13.2 Å². The minimum Gasteiger partial charge on any atom is -0.496 e. The zero-order valence-corrected chi connectivity index (χ0v) is 16.2. The van der Waals surface area contributed by atoms with E-state index in [-0.39, 0.29) is 5.78 Å². The number of benzene rings is 2. The Morgan fingerprint density at radius 1 is 1.15 bits per heavy atom. The summed E-state index contributed by atoms with van der Waals surface area (Å²) in [5.41, 5.74) is 4.09. The second kappa shape index (κ2) is 9.49. The van der Waals surface area contributed by atoms with Crippen LogP contribution in [0.2, 0.25) is 0 Å². The smallest absolute Gasteiger partial charge is 0.185 e. The van der Waals surface area contributed by atoms with E-state index in [1.807, 2.05) is 36.4 Å². The molecule has 142 valence electrons. The molecular formula is C23H28NO3+. The van der Waals surface area contributed by atoms with Crippen molar-refractivity contribution in [2.24, 2.45) is 0 Å². The van der Waals surface area contributed by atoms with Gasteiger partial charge in [-0.1, -0.05) is 37.3 Å². The maximum atomic E-state index is 12.6. The molecular weight excluding hydrogens is 338 g/mol. The second-order valence-corrected chi connectivity index (χ2v) is 6.86. The molecule has 1 fully saturated rings. The Bertz CT molecular complexity index is 790. The normalized spacial score (nSPS) is 15.2. The quantitative estimate of drug-likeness (QED) is 0.605. The van der Waals surface area contributed by atoms with Gasteiger partial charge in [-0.05, 0) is 41.8 Å². The predicted molar refractivity (Wildman–Crippen MR) is 107 cm³/mol. The second-order valence-electron chi connectivity index (χ2n) is 6.86. The van der Waals surface area contributed by atoms with Crippen LogP contribution < -0.4 is 9.64 Å². The molecule has 0 radical (unpaired) electrons. The maximum Gasteiger partial charge on any atom is 0.185 e. The van der Waals surface area contributed by atoms with Crippen LogP contribution in [0.4, 0.5) is 0 Å². The van der Waals surface area contributed by atoms with Crippen LogP contribution in [0.3, 0.4) is 0 Å². The summed E-state index contributed by atoms with van der Waals surface area (Å²) in [5, 5.41) is 0. The first-order valence-electron chi connectivity index (χ1n) is 9.59. The number of hydrogen-bond acceptors (Lipinski definition) is 3. The summed E-state index contributed by atoms with van der Waals surface area (Å²) >= 11 is 0. The molecule has 1 aliphatic rings. The molecule has 0 spiro atoms. The molecule has 1 N–H and O–H groups in total. The molecule has 1 saturated heterocycles. The molecule has 4 nitrogen and oxygen atoms in total. The number of hydrogen-bond donors (Lipinski definition) is 1.